The summed E-state index contributed by atoms with van der Waals surface area (Å²) in [6, 6.07) is 0. The van der Waals surface area contributed by atoms with Crippen LogP contribution in [0, 0.1) is 17.7 Å². The third kappa shape index (κ3) is 4.74. The quantitative estimate of drug-likeness (QED) is 0.433. The van der Waals surface area contributed by atoms with Gasteiger partial charge in [0.15, 0.2) is 0 Å². The molecule has 0 amide bonds. The van der Waals surface area contributed by atoms with Crippen molar-refractivity contribution in [3.05, 3.63) is 16.1 Å². The van der Waals surface area contributed by atoms with Gasteiger partial charge < -0.3 is 10.5 Å². The molecule has 0 saturated heterocycles. The number of nitrogens with two attached hydrogens (primary N) is 1. The number of nitrogens with zero attached hydrogens (tertiary/aromatic N) is 1. The van der Waals surface area contributed by atoms with Gasteiger partial charge in [-0.3, -0.25) is 5.41 Å². The second-order valence-corrected chi connectivity index (χ2v) is 6.06. The molecule has 1 heterocycles. The normalized spacial score (nSPS) is 11.7. The zero-order valence-electron chi connectivity index (χ0n) is 11.5. The second-order valence-electron chi connectivity index (χ2n) is 5.12. The van der Waals surface area contributed by atoms with Gasteiger partial charge >= 0.3 is 0 Å². The Morgan fingerprint density at radius 2 is 2.22 bits per heavy atom. The van der Waals surface area contributed by atoms with E-state index in [1.54, 1.807) is 11.3 Å². The Balaban J connectivity index is 2.10. The minimum absolute atomic E-state index is 0.211. The van der Waals surface area contributed by atoms with Crippen LogP contribution in [0.3, 0.4) is 0 Å². The molecule has 0 aliphatic heterocycles. The molecular weight excluding hydrogens is 246 g/mol. The van der Waals surface area contributed by atoms with Crippen LogP contribution in [0.25, 0.3) is 0 Å². The molecule has 0 aromatic carbocycles. The summed E-state index contributed by atoms with van der Waals surface area (Å²) in [5, 5.41) is 7.46. The first-order chi connectivity index (χ1) is 8.43. The van der Waals surface area contributed by atoms with Gasteiger partial charge in [0.05, 0.1) is 23.6 Å². The van der Waals surface area contributed by atoms with E-state index in [0.717, 1.165) is 38.2 Å². The van der Waals surface area contributed by atoms with Gasteiger partial charge in [0.25, 0.3) is 0 Å². The second kappa shape index (κ2) is 6.85. The minimum atomic E-state index is -0.211. The lowest BCUT2D eigenvalue weighted by molar-refractivity contribution is 0.128. The van der Waals surface area contributed by atoms with Crippen LogP contribution in [0.2, 0.25) is 0 Å². The van der Waals surface area contributed by atoms with Gasteiger partial charge in [-0.15, -0.1) is 11.3 Å². The van der Waals surface area contributed by atoms with Crippen LogP contribution >= 0.6 is 11.3 Å². The highest BCUT2D eigenvalue weighted by atomic mass is 32.1. The number of amidine groups is 1. The Morgan fingerprint density at radius 1 is 1.50 bits per heavy atom. The number of rotatable bonds is 8. The number of ether oxygens (including phenoxy) is 1. The lowest BCUT2D eigenvalue weighted by Gasteiger charge is -2.22. The summed E-state index contributed by atoms with van der Waals surface area (Å²) in [5.74, 6) is 0.253. The standard InChI is InChI=1S/C13H23N3OS/c1-10-11(18-9-16-10)5-8-17-7-4-6-13(2,3)12(14)15/h9H,4-8H2,1-3H3,(H3,14,15). The molecule has 1 rings (SSSR count). The third-order valence-electron chi connectivity index (χ3n) is 3.14. The Kier molecular flexibility index (Phi) is 5.75. The van der Waals surface area contributed by atoms with E-state index in [2.05, 4.69) is 4.98 Å². The molecule has 1 aromatic rings. The molecule has 1 aromatic heterocycles. The van der Waals surface area contributed by atoms with E-state index in [1.165, 1.54) is 4.88 Å². The molecule has 0 bridgehead atoms. The molecule has 0 aliphatic rings. The van der Waals surface area contributed by atoms with Crippen LogP contribution in [-0.2, 0) is 11.2 Å². The number of aromatic nitrogens is 1. The molecule has 4 nitrogen and oxygen atoms in total. The zero-order valence-corrected chi connectivity index (χ0v) is 12.3. The van der Waals surface area contributed by atoms with Crippen LogP contribution in [0.1, 0.15) is 37.3 Å². The predicted octanol–water partition coefficient (Wildman–Crippen LogP) is 2.75. The topological polar surface area (TPSA) is 72.0 Å². The maximum Gasteiger partial charge on any atom is 0.0963 e. The number of hydrogen-bond acceptors (Lipinski definition) is 4. The van der Waals surface area contributed by atoms with Crippen LogP contribution in [0.15, 0.2) is 5.51 Å². The van der Waals surface area contributed by atoms with Crippen LogP contribution in [0.4, 0.5) is 0 Å². The zero-order chi connectivity index (χ0) is 13.6. The Bertz CT molecular complexity index is 387. The summed E-state index contributed by atoms with van der Waals surface area (Å²) >= 11 is 1.69. The summed E-state index contributed by atoms with van der Waals surface area (Å²) in [4.78, 5) is 5.51. The minimum Gasteiger partial charge on any atom is -0.387 e. The molecule has 3 N–H and O–H groups in total. The monoisotopic (exact) mass is 269 g/mol. The molecule has 0 spiro atoms. The van der Waals surface area contributed by atoms with E-state index in [9.17, 15) is 0 Å². The molecule has 0 fully saturated rings. The fraction of sp³-hybridized carbons (Fsp3) is 0.692. The Hall–Kier alpha value is -0.940. The van der Waals surface area contributed by atoms with E-state index in [1.807, 2.05) is 26.3 Å². The molecule has 0 aliphatic carbocycles. The van der Waals surface area contributed by atoms with Gasteiger partial charge in [0, 0.05) is 23.3 Å². The van der Waals surface area contributed by atoms with Gasteiger partial charge in [0.2, 0.25) is 0 Å². The van der Waals surface area contributed by atoms with Crippen molar-refractivity contribution < 1.29 is 4.74 Å². The fourth-order valence-electron chi connectivity index (χ4n) is 1.58. The van der Waals surface area contributed by atoms with Crippen molar-refractivity contribution in [2.24, 2.45) is 11.1 Å². The Morgan fingerprint density at radius 3 is 2.78 bits per heavy atom. The molecule has 0 radical (unpaired) electrons. The van der Waals surface area contributed by atoms with Crippen molar-refractivity contribution in [2.75, 3.05) is 13.2 Å². The first kappa shape index (κ1) is 15.1. The van der Waals surface area contributed by atoms with Crippen LogP contribution < -0.4 is 5.73 Å². The number of aryl methyl sites for hydroxylation is 1. The Labute approximate surface area is 113 Å². The van der Waals surface area contributed by atoms with Crippen molar-refractivity contribution in [1.82, 2.24) is 4.98 Å². The highest BCUT2D eigenvalue weighted by molar-refractivity contribution is 7.09. The summed E-state index contributed by atoms with van der Waals surface area (Å²) in [5.41, 5.74) is 8.31. The fourth-order valence-corrected chi connectivity index (χ4v) is 2.35. The molecule has 0 unspecified atom stereocenters. The lowest BCUT2D eigenvalue weighted by Crippen LogP contribution is -2.31. The smallest absolute Gasteiger partial charge is 0.0963 e. The highest BCUT2D eigenvalue weighted by Gasteiger charge is 2.20. The molecular formula is C13H23N3OS. The van der Waals surface area contributed by atoms with Crippen molar-refractivity contribution in [2.45, 2.75) is 40.0 Å². The maximum absolute atomic E-state index is 7.46. The first-order valence-electron chi connectivity index (χ1n) is 6.24. The SMILES string of the molecule is Cc1ncsc1CCOCCCC(C)(C)C(=N)N. The molecule has 102 valence electrons. The van der Waals surface area contributed by atoms with E-state index in [4.69, 9.17) is 15.9 Å². The van der Waals surface area contributed by atoms with Crippen LogP contribution in [-0.4, -0.2) is 24.0 Å². The van der Waals surface area contributed by atoms with Gasteiger partial charge in [-0.25, -0.2) is 4.98 Å². The highest BCUT2D eigenvalue weighted by Crippen LogP contribution is 2.21. The molecule has 5 heteroatoms. The van der Waals surface area contributed by atoms with Crippen molar-refractivity contribution in [3.8, 4) is 0 Å². The van der Waals surface area contributed by atoms with E-state index < -0.39 is 0 Å². The van der Waals surface area contributed by atoms with Crippen LogP contribution in [0.5, 0.6) is 0 Å². The summed E-state index contributed by atoms with van der Waals surface area (Å²) in [6.45, 7) is 7.49. The number of nitrogens with one attached hydrogen (secondary N) is 1. The van der Waals surface area contributed by atoms with Gasteiger partial charge in [-0.2, -0.15) is 0 Å². The molecule has 18 heavy (non-hydrogen) atoms. The van der Waals surface area contributed by atoms with Crippen molar-refractivity contribution >= 4 is 17.2 Å². The van der Waals surface area contributed by atoms with E-state index in [0.29, 0.717) is 0 Å². The van der Waals surface area contributed by atoms with Crippen molar-refractivity contribution in [3.63, 3.8) is 0 Å². The number of hydrogen-bond donors (Lipinski definition) is 2. The largest absolute Gasteiger partial charge is 0.387 e. The average molecular weight is 269 g/mol. The average Bonchev–Trinajstić information content (AvgIpc) is 2.69. The number of thiazole rings is 1. The molecule has 0 atom stereocenters. The maximum atomic E-state index is 7.46. The van der Waals surface area contributed by atoms with Gasteiger partial charge in [-0.1, -0.05) is 13.8 Å². The summed E-state index contributed by atoms with van der Waals surface area (Å²) in [6.07, 6.45) is 2.77. The van der Waals surface area contributed by atoms with Gasteiger partial charge in [0.1, 0.15) is 0 Å². The summed E-state index contributed by atoms with van der Waals surface area (Å²) < 4.78 is 5.60. The lowest BCUT2D eigenvalue weighted by atomic mass is 9.87. The van der Waals surface area contributed by atoms with E-state index >= 15 is 0 Å². The predicted molar refractivity (Wildman–Crippen MR) is 76.3 cm³/mol. The van der Waals surface area contributed by atoms with Crippen molar-refractivity contribution in [1.29, 1.82) is 5.41 Å². The first-order valence-corrected chi connectivity index (χ1v) is 7.12. The third-order valence-corrected chi connectivity index (χ3v) is 4.13. The van der Waals surface area contributed by atoms with Gasteiger partial charge in [-0.05, 0) is 19.8 Å². The van der Waals surface area contributed by atoms with E-state index in [-0.39, 0.29) is 11.3 Å². The summed E-state index contributed by atoms with van der Waals surface area (Å²) in [7, 11) is 0. The molecule has 0 saturated carbocycles.